The maximum Gasteiger partial charge on any atom is 0.258 e. The van der Waals surface area contributed by atoms with E-state index in [-0.39, 0.29) is 18.6 Å². The summed E-state index contributed by atoms with van der Waals surface area (Å²) in [4.78, 5) is 11.7. The molecular formula is C15H22ClNO3. The van der Waals surface area contributed by atoms with Crippen molar-refractivity contribution < 1.29 is 14.6 Å². The van der Waals surface area contributed by atoms with Gasteiger partial charge >= 0.3 is 0 Å². The summed E-state index contributed by atoms with van der Waals surface area (Å²) < 4.78 is 5.46. The molecule has 4 nitrogen and oxygen atoms in total. The number of aliphatic hydroxyl groups is 1. The van der Waals surface area contributed by atoms with Gasteiger partial charge in [0, 0.05) is 16.6 Å². The van der Waals surface area contributed by atoms with Crippen molar-refractivity contribution in [2.24, 2.45) is 0 Å². The van der Waals surface area contributed by atoms with E-state index in [1.165, 1.54) is 0 Å². The standard InChI is InChI=1S/C15H22ClNO3/c1-4-5-10(2)17-15(19)9-20-14-7-6-12(16)8-13(14)11(3)18/h6-8,10-11,18H,4-5,9H2,1-3H3,(H,17,19)/t10?,11-/m1/s1. The molecular weight excluding hydrogens is 278 g/mol. The van der Waals surface area contributed by atoms with Crippen LogP contribution in [0.4, 0.5) is 0 Å². The van der Waals surface area contributed by atoms with Crippen molar-refractivity contribution in [3.05, 3.63) is 28.8 Å². The highest BCUT2D eigenvalue weighted by Gasteiger charge is 2.12. The van der Waals surface area contributed by atoms with Crippen LogP contribution in [0.5, 0.6) is 5.75 Å². The first-order chi connectivity index (χ1) is 9.43. The maximum absolute atomic E-state index is 11.7. The van der Waals surface area contributed by atoms with E-state index in [1.54, 1.807) is 25.1 Å². The molecule has 1 unspecified atom stereocenters. The molecule has 0 saturated heterocycles. The van der Waals surface area contributed by atoms with Gasteiger partial charge in [0.05, 0.1) is 6.10 Å². The van der Waals surface area contributed by atoms with Crippen molar-refractivity contribution in [3.63, 3.8) is 0 Å². The molecule has 1 amide bonds. The fourth-order valence-corrected chi connectivity index (χ4v) is 2.12. The number of carbonyl (C=O) groups is 1. The Hall–Kier alpha value is -1.26. The van der Waals surface area contributed by atoms with Crippen LogP contribution in [0, 0.1) is 0 Å². The third-order valence-corrected chi connectivity index (χ3v) is 3.14. The molecule has 112 valence electrons. The number of rotatable bonds is 7. The number of aliphatic hydroxyl groups excluding tert-OH is 1. The van der Waals surface area contributed by atoms with Crippen molar-refractivity contribution in [2.75, 3.05) is 6.61 Å². The van der Waals surface area contributed by atoms with Crippen molar-refractivity contribution in [3.8, 4) is 5.75 Å². The molecule has 20 heavy (non-hydrogen) atoms. The number of nitrogens with one attached hydrogen (secondary N) is 1. The van der Waals surface area contributed by atoms with Crippen LogP contribution in [0.25, 0.3) is 0 Å². The highest BCUT2D eigenvalue weighted by Crippen LogP contribution is 2.28. The molecule has 0 aliphatic carbocycles. The lowest BCUT2D eigenvalue weighted by Gasteiger charge is -2.16. The molecule has 0 bridgehead atoms. The van der Waals surface area contributed by atoms with E-state index in [0.29, 0.717) is 16.3 Å². The van der Waals surface area contributed by atoms with Gasteiger partial charge in [0.25, 0.3) is 5.91 Å². The lowest BCUT2D eigenvalue weighted by molar-refractivity contribution is -0.123. The van der Waals surface area contributed by atoms with Gasteiger partial charge in [0.15, 0.2) is 6.61 Å². The summed E-state index contributed by atoms with van der Waals surface area (Å²) in [6, 6.07) is 5.10. The Morgan fingerprint density at radius 1 is 1.45 bits per heavy atom. The number of hydrogen-bond acceptors (Lipinski definition) is 3. The van der Waals surface area contributed by atoms with Crippen molar-refractivity contribution in [1.82, 2.24) is 5.32 Å². The van der Waals surface area contributed by atoms with Gasteiger partial charge in [-0.15, -0.1) is 0 Å². The Labute approximate surface area is 125 Å². The molecule has 1 aromatic carbocycles. The first kappa shape index (κ1) is 16.8. The third kappa shape index (κ3) is 5.39. The summed E-state index contributed by atoms with van der Waals surface area (Å²) in [6.45, 7) is 5.59. The number of halogens is 1. The average Bonchev–Trinajstić information content (AvgIpc) is 2.37. The van der Waals surface area contributed by atoms with Crippen molar-refractivity contribution in [2.45, 2.75) is 45.8 Å². The monoisotopic (exact) mass is 299 g/mol. The summed E-state index contributed by atoms with van der Waals surface area (Å²) in [5.74, 6) is 0.306. The second-order valence-corrected chi connectivity index (χ2v) is 5.34. The first-order valence-corrected chi connectivity index (χ1v) is 7.21. The summed E-state index contributed by atoms with van der Waals surface area (Å²) in [6.07, 6.45) is 1.25. The van der Waals surface area contributed by atoms with E-state index < -0.39 is 6.10 Å². The smallest absolute Gasteiger partial charge is 0.258 e. The van der Waals surface area contributed by atoms with Gasteiger partial charge in [-0.2, -0.15) is 0 Å². The van der Waals surface area contributed by atoms with Crippen LogP contribution in [-0.4, -0.2) is 23.7 Å². The number of hydrogen-bond donors (Lipinski definition) is 2. The molecule has 0 heterocycles. The predicted octanol–water partition coefficient (Wildman–Crippen LogP) is 3.08. The van der Waals surface area contributed by atoms with Gasteiger partial charge in [-0.3, -0.25) is 4.79 Å². The molecule has 2 N–H and O–H groups in total. The van der Waals surface area contributed by atoms with Gasteiger partial charge in [-0.1, -0.05) is 24.9 Å². The largest absolute Gasteiger partial charge is 0.483 e. The molecule has 1 rings (SSSR count). The van der Waals surface area contributed by atoms with E-state index >= 15 is 0 Å². The minimum atomic E-state index is -0.703. The summed E-state index contributed by atoms with van der Waals surface area (Å²) in [5.41, 5.74) is 0.576. The quantitative estimate of drug-likeness (QED) is 0.813. The lowest BCUT2D eigenvalue weighted by Crippen LogP contribution is -2.36. The van der Waals surface area contributed by atoms with E-state index in [9.17, 15) is 9.90 Å². The number of amides is 1. The third-order valence-electron chi connectivity index (χ3n) is 2.91. The van der Waals surface area contributed by atoms with E-state index in [4.69, 9.17) is 16.3 Å². The zero-order chi connectivity index (χ0) is 15.1. The van der Waals surface area contributed by atoms with E-state index in [2.05, 4.69) is 12.2 Å². The van der Waals surface area contributed by atoms with Gasteiger partial charge in [0.1, 0.15) is 5.75 Å². The summed E-state index contributed by atoms with van der Waals surface area (Å²) in [7, 11) is 0. The molecule has 1 aromatic rings. The minimum absolute atomic E-state index is 0.0740. The number of ether oxygens (including phenoxy) is 1. The Balaban J connectivity index is 2.59. The highest BCUT2D eigenvalue weighted by molar-refractivity contribution is 6.30. The van der Waals surface area contributed by atoms with Crippen LogP contribution < -0.4 is 10.1 Å². The van der Waals surface area contributed by atoms with E-state index in [1.807, 2.05) is 6.92 Å². The van der Waals surface area contributed by atoms with Gasteiger partial charge < -0.3 is 15.2 Å². The van der Waals surface area contributed by atoms with Crippen molar-refractivity contribution in [1.29, 1.82) is 0 Å². The molecule has 5 heteroatoms. The van der Waals surface area contributed by atoms with Crippen LogP contribution in [0.3, 0.4) is 0 Å². The predicted molar refractivity (Wildman–Crippen MR) is 80.1 cm³/mol. The van der Waals surface area contributed by atoms with Crippen LogP contribution in [-0.2, 0) is 4.79 Å². The highest BCUT2D eigenvalue weighted by atomic mass is 35.5. The number of benzene rings is 1. The molecule has 0 aliphatic heterocycles. The van der Waals surface area contributed by atoms with Crippen LogP contribution in [0.15, 0.2) is 18.2 Å². The van der Waals surface area contributed by atoms with Crippen LogP contribution in [0.2, 0.25) is 5.02 Å². The lowest BCUT2D eigenvalue weighted by atomic mass is 10.1. The normalized spacial score (nSPS) is 13.7. The molecule has 0 radical (unpaired) electrons. The SMILES string of the molecule is CCCC(C)NC(=O)COc1ccc(Cl)cc1[C@@H](C)O. The van der Waals surface area contributed by atoms with Gasteiger partial charge in [-0.05, 0) is 38.5 Å². The minimum Gasteiger partial charge on any atom is -0.483 e. The Bertz CT molecular complexity index is 449. The molecule has 0 spiro atoms. The second kappa shape index (κ2) is 8.12. The first-order valence-electron chi connectivity index (χ1n) is 6.83. The molecule has 0 saturated carbocycles. The summed E-state index contributed by atoms with van der Waals surface area (Å²) in [5, 5.41) is 13.1. The van der Waals surface area contributed by atoms with Gasteiger partial charge in [0.2, 0.25) is 0 Å². The fraction of sp³-hybridized carbons (Fsp3) is 0.533. The topological polar surface area (TPSA) is 58.6 Å². The fourth-order valence-electron chi connectivity index (χ4n) is 1.94. The van der Waals surface area contributed by atoms with Crippen LogP contribution in [0.1, 0.15) is 45.3 Å². The van der Waals surface area contributed by atoms with Crippen LogP contribution >= 0.6 is 11.6 Å². The molecule has 0 fully saturated rings. The number of carbonyl (C=O) groups excluding carboxylic acids is 1. The molecule has 0 aliphatic rings. The maximum atomic E-state index is 11.7. The zero-order valence-electron chi connectivity index (χ0n) is 12.1. The summed E-state index contributed by atoms with van der Waals surface area (Å²) >= 11 is 5.88. The Kier molecular flexibility index (Phi) is 6.82. The molecule has 2 atom stereocenters. The average molecular weight is 300 g/mol. The Morgan fingerprint density at radius 2 is 2.15 bits per heavy atom. The second-order valence-electron chi connectivity index (χ2n) is 4.90. The van der Waals surface area contributed by atoms with Gasteiger partial charge in [-0.25, -0.2) is 0 Å². The zero-order valence-corrected chi connectivity index (χ0v) is 12.9. The van der Waals surface area contributed by atoms with E-state index in [0.717, 1.165) is 12.8 Å². The molecule has 0 aromatic heterocycles. The van der Waals surface area contributed by atoms with Crippen molar-refractivity contribution >= 4 is 17.5 Å². The Morgan fingerprint density at radius 3 is 2.75 bits per heavy atom.